The molecule has 0 unspecified atom stereocenters. The highest BCUT2D eigenvalue weighted by atomic mass is 16.5. The largest absolute Gasteiger partial charge is 0.497 e. The van der Waals surface area contributed by atoms with E-state index in [1.807, 2.05) is 30.3 Å². The number of carbonyl (C=O) groups is 1. The minimum Gasteiger partial charge on any atom is -0.497 e. The monoisotopic (exact) mass is 242 g/mol. The second-order valence-corrected chi connectivity index (χ2v) is 3.83. The van der Waals surface area contributed by atoms with Crippen molar-refractivity contribution < 1.29 is 14.3 Å². The first-order valence-electron chi connectivity index (χ1n) is 5.62. The maximum atomic E-state index is 11.5. The summed E-state index contributed by atoms with van der Waals surface area (Å²) in [6.07, 6.45) is 0. The predicted octanol–water partition coefficient (Wildman–Crippen LogP) is 3.69. The van der Waals surface area contributed by atoms with Crippen LogP contribution in [0.2, 0.25) is 0 Å². The van der Waals surface area contributed by atoms with Crippen molar-refractivity contribution >= 4 is 5.78 Å². The molecule has 0 bridgehead atoms. The van der Waals surface area contributed by atoms with E-state index in [0.717, 1.165) is 0 Å². The molecule has 92 valence electrons. The quantitative estimate of drug-likeness (QED) is 0.767. The zero-order valence-electron chi connectivity index (χ0n) is 10.3. The van der Waals surface area contributed by atoms with Gasteiger partial charge in [0.2, 0.25) is 0 Å². The molecular formula is C15H14O3. The van der Waals surface area contributed by atoms with E-state index in [0.29, 0.717) is 22.8 Å². The van der Waals surface area contributed by atoms with Crippen molar-refractivity contribution in [2.24, 2.45) is 0 Å². The van der Waals surface area contributed by atoms with Crippen molar-refractivity contribution in [1.29, 1.82) is 0 Å². The molecule has 2 aromatic carbocycles. The summed E-state index contributed by atoms with van der Waals surface area (Å²) in [5.74, 6) is 1.89. The molecule has 0 saturated heterocycles. The number of ketones is 1. The van der Waals surface area contributed by atoms with E-state index in [2.05, 4.69) is 0 Å². The minimum absolute atomic E-state index is 0.0199. The van der Waals surface area contributed by atoms with Crippen LogP contribution in [0.25, 0.3) is 0 Å². The molecular weight excluding hydrogens is 228 g/mol. The predicted molar refractivity (Wildman–Crippen MR) is 69.5 cm³/mol. The number of carbonyl (C=O) groups excluding carboxylic acids is 1. The first-order chi connectivity index (χ1) is 8.70. The Balaban J connectivity index is 2.31. The average Bonchev–Trinajstić information content (AvgIpc) is 2.39. The van der Waals surface area contributed by atoms with Crippen molar-refractivity contribution in [2.75, 3.05) is 7.11 Å². The summed E-state index contributed by atoms with van der Waals surface area (Å²) in [6, 6.07) is 14.4. The van der Waals surface area contributed by atoms with Gasteiger partial charge in [0.05, 0.1) is 12.7 Å². The molecule has 0 aromatic heterocycles. The highest BCUT2D eigenvalue weighted by Gasteiger charge is 2.08. The third-order valence-electron chi connectivity index (χ3n) is 2.54. The average molecular weight is 242 g/mol. The zero-order valence-corrected chi connectivity index (χ0v) is 10.3. The molecule has 3 nitrogen and oxygen atoms in total. The maximum Gasteiger partial charge on any atom is 0.163 e. The third-order valence-corrected chi connectivity index (χ3v) is 2.54. The summed E-state index contributed by atoms with van der Waals surface area (Å²) in [7, 11) is 1.60. The van der Waals surface area contributed by atoms with Crippen molar-refractivity contribution in [1.82, 2.24) is 0 Å². The zero-order chi connectivity index (χ0) is 13.0. The fraction of sp³-hybridized carbons (Fsp3) is 0.133. The van der Waals surface area contributed by atoms with Crippen molar-refractivity contribution in [3.63, 3.8) is 0 Å². The lowest BCUT2D eigenvalue weighted by atomic mass is 10.1. The van der Waals surface area contributed by atoms with Crippen LogP contribution in [-0.4, -0.2) is 12.9 Å². The summed E-state index contributed by atoms with van der Waals surface area (Å²) in [6.45, 7) is 1.52. The van der Waals surface area contributed by atoms with Crippen LogP contribution in [0.5, 0.6) is 17.2 Å². The molecule has 0 heterocycles. The van der Waals surface area contributed by atoms with Crippen molar-refractivity contribution in [2.45, 2.75) is 6.92 Å². The van der Waals surface area contributed by atoms with Gasteiger partial charge in [-0.1, -0.05) is 18.2 Å². The summed E-state index contributed by atoms with van der Waals surface area (Å²) in [4.78, 5) is 11.5. The van der Waals surface area contributed by atoms with Gasteiger partial charge in [-0.2, -0.15) is 0 Å². The Hall–Kier alpha value is -2.29. The number of hydrogen-bond acceptors (Lipinski definition) is 3. The molecule has 0 saturated carbocycles. The van der Waals surface area contributed by atoms with E-state index in [4.69, 9.17) is 9.47 Å². The van der Waals surface area contributed by atoms with Crippen LogP contribution < -0.4 is 9.47 Å². The normalized spacial score (nSPS) is 9.89. The van der Waals surface area contributed by atoms with Crippen LogP contribution in [0.4, 0.5) is 0 Å². The Morgan fingerprint density at radius 2 is 1.72 bits per heavy atom. The van der Waals surface area contributed by atoms with Crippen molar-refractivity contribution in [3.8, 4) is 17.2 Å². The summed E-state index contributed by atoms with van der Waals surface area (Å²) in [5, 5.41) is 0. The van der Waals surface area contributed by atoms with Gasteiger partial charge in [0, 0.05) is 6.07 Å². The summed E-state index contributed by atoms with van der Waals surface area (Å²) < 4.78 is 10.8. The molecule has 0 aliphatic heterocycles. The Kier molecular flexibility index (Phi) is 3.63. The van der Waals surface area contributed by atoms with E-state index < -0.39 is 0 Å². The number of ether oxygens (including phenoxy) is 2. The summed E-state index contributed by atoms with van der Waals surface area (Å²) in [5.41, 5.74) is 0.570. The van der Waals surface area contributed by atoms with E-state index in [1.165, 1.54) is 6.92 Å². The maximum absolute atomic E-state index is 11.5. The molecule has 2 aromatic rings. The highest BCUT2D eigenvalue weighted by molar-refractivity contribution is 5.96. The van der Waals surface area contributed by atoms with E-state index in [1.54, 1.807) is 25.3 Å². The Bertz CT molecular complexity index is 561. The van der Waals surface area contributed by atoms with Crippen LogP contribution in [0.3, 0.4) is 0 Å². The van der Waals surface area contributed by atoms with E-state index in [-0.39, 0.29) is 5.78 Å². The lowest BCUT2D eigenvalue weighted by Gasteiger charge is -2.10. The third kappa shape index (κ3) is 2.69. The first-order valence-corrected chi connectivity index (χ1v) is 5.62. The van der Waals surface area contributed by atoms with E-state index in [9.17, 15) is 4.79 Å². The van der Waals surface area contributed by atoms with Crippen LogP contribution in [0.1, 0.15) is 17.3 Å². The fourth-order valence-electron chi connectivity index (χ4n) is 1.64. The lowest BCUT2D eigenvalue weighted by Crippen LogP contribution is -1.96. The smallest absolute Gasteiger partial charge is 0.163 e. The molecule has 0 amide bonds. The highest BCUT2D eigenvalue weighted by Crippen LogP contribution is 2.27. The van der Waals surface area contributed by atoms with Gasteiger partial charge in [-0.15, -0.1) is 0 Å². The van der Waals surface area contributed by atoms with Gasteiger partial charge >= 0.3 is 0 Å². The second kappa shape index (κ2) is 5.36. The van der Waals surface area contributed by atoms with Gasteiger partial charge < -0.3 is 9.47 Å². The lowest BCUT2D eigenvalue weighted by molar-refractivity contribution is 0.101. The molecule has 3 heteroatoms. The van der Waals surface area contributed by atoms with Gasteiger partial charge in [0.25, 0.3) is 0 Å². The van der Waals surface area contributed by atoms with Gasteiger partial charge in [0.1, 0.15) is 17.2 Å². The Morgan fingerprint density at radius 3 is 2.44 bits per heavy atom. The first kappa shape index (κ1) is 12.2. The number of hydrogen-bond donors (Lipinski definition) is 0. The van der Waals surface area contributed by atoms with Gasteiger partial charge in [-0.3, -0.25) is 4.79 Å². The van der Waals surface area contributed by atoms with Gasteiger partial charge in [0.15, 0.2) is 5.78 Å². The fourth-order valence-corrected chi connectivity index (χ4v) is 1.64. The van der Waals surface area contributed by atoms with Crippen molar-refractivity contribution in [3.05, 3.63) is 54.1 Å². The number of methoxy groups -OCH3 is 1. The Labute approximate surface area is 106 Å². The SMILES string of the molecule is COc1cccc(Oc2ccccc2C(C)=O)c1. The number of para-hydroxylation sites is 1. The number of benzene rings is 2. The molecule has 0 N–H and O–H groups in total. The van der Waals surface area contributed by atoms with Gasteiger partial charge in [-0.25, -0.2) is 0 Å². The molecule has 0 atom stereocenters. The molecule has 0 radical (unpaired) electrons. The molecule has 18 heavy (non-hydrogen) atoms. The van der Waals surface area contributed by atoms with Gasteiger partial charge in [-0.05, 0) is 31.2 Å². The molecule has 0 aliphatic rings. The number of rotatable bonds is 4. The van der Waals surface area contributed by atoms with Crippen LogP contribution in [-0.2, 0) is 0 Å². The summed E-state index contributed by atoms with van der Waals surface area (Å²) >= 11 is 0. The topological polar surface area (TPSA) is 35.5 Å². The molecule has 0 aliphatic carbocycles. The molecule has 0 spiro atoms. The number of Topliss-reactive ketones (excluding diaryl/α,β-unsaturated/α-hetero) is 1. The minimum atomic E-state index is -0.0199. The molecule has 0 fully saturated rings. The second-order valence-electron chi connectivity index (χ2n) is 3.83. The molecule has 2 rings (SSSR count). The van der Waals surface area contributed by atoms with Crippen LogP contribution in [0, 0.1) is 0 Å². The van der Waals surface area contributed by atoms with Crippen LogP contribution >= 0.6 is 0 Å². The standard InChI is InChI=1S/C15H14O3/c1-11(16)14-8-3-4-9-15(14)18-13-7-5-6-12(10-13)17-2/h3-10H,1-2H3. The van der Waals surface area contributed by atoms with Crippen LogP contribution in [0.15, 0.2) is 48.5 Å². The Morgan fingerprint density at radius 1 is 1.00 bits per heavy atom. The van der Waals surface area contributed by atoms with E-state index >= 15 is 0 Å².